The Morgan fingerprint density at radius 3 is 2.43 bits per heavy atom. The van der Waals surface area contributed by atoms with Crippen LogP contribution in [-0.2, 0) is 20.0 Å². The molecule has 2 heterocycles. The SMILES string of the molecule is CCNCCc1c(C)nn(Cc2c(Cl)c(C)nn2C)c1C. The first kappa shape index (κ1) is 16.0. The lowest BCUT2D eigenvalue weighted by Crippen LogP contribution is -2.16. The lowest BCUT2D eigenvalue weighted by Gasteiger charge is -2.07. The summed E-state index contributed by atoms with van der Waals surface area (Å²) in [6.07, 6.45) is 1.00. The maximum Gasteiger partial charge on any atom is 0.0866 e. The summed E-state index contributed by atoms with van der Waals surface area (Å²) in [4.78, 5) is 0. The van der Waals surface area contributed by atoms with Gasteiger partial charge in [0.05, 0.1) is 28.6 Å². The van der Waals surface area contributed by atoms with Crippen LogP contribution in [0.25, 0.3) is 0 Å². The average molecular weight is 310 g/mol. The quantitative estimate of drug-likeness (QED) is 0.834. The summed E-state index contributed by atoms with van der Waals surface area (Å²) >= 11 is 6.33. The number of hydrogen-bond acceptors (Lipinski definition) is 3. The molecule has 0 spiro atoms. The Labute approximate surface area is 131 Å². The molecule has 0 atom stereocenters. The van der Waals surface area contributed by atoms with Crippen molar-refractivity contribution < 1.29 is 0 Å². The fourth-order valence-electron chi connectivity index (χ4n) is 2.63. The molecular weight excluding hydrogens is 286 g/mol. The minimum Gasteiger partial charge on any atom is -0.317 e. The van der Waals surface area contributed by atoms with Gasteiger partial charge < -0.3 is 5.32 Å². The second-order valence-corrected chi connectivity index (χ2v) is 5.76. The number of aryl methyl sites for hydroxylation is 3. The van der Waals surface area contributed by atoms with Crippen molar-refractivity contribution in [3.8, 4) is 0 Å². The van der Waals surface area contributed by atoms with Gasteiger partial charge in [-0.3, -0.25) is 9.36 Å². The number of nitrogens with zero attached hydrogens (tertiary/aromatic N) is 4. The van der Waals surface area contributed by atoms with E-state index in [-0.39, 0.29) is 0 Å². The average Bonchev–Trinajstić information content (AvgIpc) is 2.83. The molecule has 0 bridgehead atoms. The van der Waals surface area contributed by atoms with Crippen LogP contribution < -0.4 is 5.32 Å². The zero-order chi connectivity index (χ0) is 15.6. The molecule has 1 N–H and O–H groups in total. The second-order valence-electron chi connectivity index (χ2n) is 5.38. The van der Waals surface area contributed by atoms with Crippen LogP contribution in [0.2, 0.25) is 5.02 Å². The van der Waals surface area contributed by atoms with Gasteiger partial charge in [-0.1, -0.05) is 18.5 Å². The summed E-state index contributed by atoms with van der Waals surface area (Å²) in [5.74, 6) is 0. The van der Waals surface area contributed by atoms with E-state index >= 15 is 0 Å². The number of nitrogens with one attached hydrogen (secondary N) is 1. The molecule has 0 saturated carbocycles. The van der Waals surface area contributed by atoms with E-state index in [2.05, 4.69) is 36.3 Å². The highest BCUT2D eigenvalue weighted by Crippen LogP contribution is 2.22. The van der Waals surface area contributed by atoms with Crippen LogP contribution in [0.5, 0.6) is 0 Å². The standard InChI is InChI=1S/C15H24ClN5/c1-6-17-8-7-13-10(2)19-21(12(13)4)9-14-15(16)11(3)18-20(14)5/h17H,6-9H2,1-5H3. The highest BCUT2D eigenvalue weighted by atomic mass is 35.5. The Morgan fingerprint density at radius 1 is 1.14 bits per heavy atom. The van der Waals surface area contributed by atoms with Crippen molar-refractivity contribution in [2.75, 3.05) is 13.1 Å². The molecule has 0 aliphatic carbocycles. The normalized spacial score (nSPS) is 11.3. The predicted octanol–water partition coefficient (Wildman–Crippen LogP) is 2.40. The number of halogens is 1. The van der Waals surface area contributed by atoms with Gasteiger partial charge in [0.15, 0.2) is 0 Å². The molecule has 116 valence electrons. The van der Waals surface area contributed by atoms with E-state index < -0.39 is 0 Å². The van der Waals surface area contributed by atoms with Crippen molar-refractivity contribution in [2.24, 2.45) is 7.05 Å². The molecule has 0 unspecified atom stereocenters. The molecule has 2 aromatic heterocycles. The Morgan fingerprint density at radius 2 is 1.86 bits per heavy atom. The van der Waals surface area contributed by atoms with Gasteiger partial charge >= 0.3 is 0 Å². The van der Waals surface area contributed by atoms with Crippen LogP contribution in [0.3, 0.4) is 0 Å². The molecule has 0 aromatic carbocycles. The van der Waals surface area contributed by atoms with Gasteiger partial charge in [0.2, 0.25) is 0 Å². The third-order valence-corrected chi connectivity index (χ3v) is 4.39. The van der Waals surface area contributed by atoms with Crippen LogP contribution in [-0.4, -0.2) is 32.7 Å². The summed E-state index contributed by atoms with van der Waals surface area (Å²) in [5.41, 5.74) is 5.49. The van der Waals surface area contributed by atoms with Crippen LogP contribution >= 0.6 is 11.6 Å². The van der Waals surface area contributed by atoms with E-state index in [1.165, 1.54) is 11.3 Å². The maximum atomic E-state index is 6.33. The number of hydrogen-bond donors (Lipinski definition) is 1. The van der Waals surface area contributed by atoms with Crippen LogP contribution in [0.15, 0.2) is 0 Å². The topological polar surface area (TPSA) is 47.7 Å². The lowest BCUT2D eigenvalue weighted by atomic mass is 10.1. The molecule has 0 aliphatic heterocycles. The molecule has 2 aromatic rings. The first-order valence-electron chi connectivity index (χ1n) is 7.37. The third-order valence-electron chi connectivity index (χ3n) is 3.89. The first-order valence-corrected chi connectivity index (χ1v) is 7.75. The monoisotopic (exact) mass is 309 g/mol. The van der Waals surface area contributed by atoms with Crippen molar-refractivity contribution in [1.82, 2.24) is 24.9 Å². The summed E-state index contributed by atoms with van der Waals surface area (Å²) < 4.78 is 3.87. The molecular formula is C15H24ClN5. The van der Waals surface area contributed by atoms with Gasteiger partial charge in [-0.05, 0) is 45.8 Å². The molecule has 0 fully saturated rings. The van der Waals surface area contributed by atoms with Gasteiger partial charge in [0, 0.05) is 12.7 Å². The Balaban J connectivity index is 2.23. The maximum absolute atomic E-state index is 6.33. The van der Waals surface area contributed by atoms with Crippen LogP contribution in [0.4, 0.5) is 0 Å². The second kappa shape index (κ2) is 6.62. The largest absolute Gasteiger partial charge is 0.317 e. The Hall–Kier alpha value is -1.33. The highest BCUT2D eigenvalue weighted by Gasteiger charge is 2.16. The van der Waals surface area contributed by atoms with E-state index in [9.17, 15) is 0 Å². The molecule has 2 rings (SSSR count). The van der Waals surface area contributed by atoms with Crippen molar-refractivity contribution in [1.29, 1.82) is 0 Å². The van der Waals surface area contributed by atoms with Crippen molar-refractivity contribution in [3.63, 3.8) is 0 Å². The lowest BCUT2D eigenvalue weighted by molar-refractivity contribution is 0.602. The van der Waals surface area contributed by atoms with E-state index in [1.54, 1.807) is 0 Å². The van der Waals surface area contributed by atoms with Gasteiger partial charge in [-0.25, -0.2) is 0 Å². The van der Waals surface area contributed by atoms with E-state index in [1.807, 2.05) is 23.3 Å². The zero-order valence-electron chi connectivity index (χ0n) is 13.5. The molecule has 21 heavy (non-hydrogen) atoms. The summed E-state index contributed by atoms with van der Waals surface area (Å²) in [5, 5.41) is 13.1. The van der Waals surface area contributed by atoms with Gasteiger partial charge in [0.1, 0.15) is 0 Å². The van der Waals surface area contributed by atoms with Crippen LogP contribution in [0.1, 0.15) is 35.3 Å². The van der Waals surface area contributed by atoms with Gasteiger partial charge in [-0.15, -0.1) is 0 Å². The summed E-state index contributed by atoms with van der Waals surface area (Å²) in [6.45, 7) is 10.9. The van der Waals surface area contributed by atoms with Crippen molar-refractivity contribution in [2.45, 2.75) is 40.7 Å². The minimum absolute atomic E-state index is 0.657. The van der Waals surface area contributed by atoms with Crippen molar-refractivity contribution in [3.05, 3.63) is 33.4 Å². The third kappa shape index (κ3) is 3.30. The highest BCUT2D eigenvalue weighted by molar-refractivity contribution is 6.31. The van der Waals surface area contributed by atoms with Crippen molar-refractivity contribution >= 4 is 11.6 Å². The number of aromatic nitrogens is 4. The Bertz CT molecular complexity index is 627. The Kier molecular flexibility index (Phi) is 5.06. The predicted molar refractivity (Wildman–Crippen MR) is 86.0 cm³/mol. The molecule has 0 saturated heterocycles. The van der Waals surface area contributed by atoms with E-state index in [4.69, 9.17) is 11.6 Å². The molecule has 5 nitrogen and oxygen atoms in total. The smallest absolute Gasteiger partial charge is 0.0866 e. The summed E-state index contributed by atoms with van der Waals surface area (Å²) in [7, 11) is 1.92. The van der Waals surface area contributed by atoms with E-state index in [0.717, 1.165) is 41.6 Å². The molecule has 6 heteroatoms. The van der Waals surface area contributed by atoms with Gasteiger partial charge in [-0.2, -0.15) is 10.2 Å². The van der Waals surface area contributed by atoms with Crippen LogP contribution in [0, 0.1) is 20.8 Å². The number of likely N-dealkylation sites (N-methyl/N-ethyl adjacent to an activating group) is 1. The zero-order valence-corrected chi connectivity index (χ0v) is 14.3. The van der Waals surface area contributed by atoms with E-state index in [0.29, 0.717) is 6.54 Å². The minimum atomic E-state index is 0.657. The summed E-state index contributed by atoms with van der Waals surface area (Å²) in [6, 6.07) is 0. The van der Waals surface area contributed by atoms with Gasteiger partial charge in [0.25, 0.3) is 0 Å². The molecule has 0 amide bonds. The first-order chi connectivity index (χ1) is 9.95. The fourth-order valence-corrected chi connectivity index (χ4v) is 2.85. The molecule has 0 aliphatic rings. The fraction of sp³-hybridized carbons (Fsp3) is 0.600. The number of rotatable bonds is 6. The molecule has 0 radical (unpaired) electrons.